The number of aliphatic hydroxyl groups is 3. The van der Waals surface area contributed by atoms with Crippen LogP contribution in [0.2, 0.25) is 0 Å². The summed E-state index contributed by atoms with van der Waals surface area (Å²) in [6, 6.07) is -0.774. The maximum absolute atomic E-state index is 12.3. The Balaban J connectivity index is 1.52. The fourth-order valence-electron chi connectivity index (χ4n) is 8.57. The van der Waals surface area contributed by atoms with E-state index in [2.05, 4.69) is 17.5 Å². The molecule has 1 heterocycles. The largest absolute Gasteiger partial charge is 0.458 e. The number of amides is 2. The summed E-state index contributed by atoms with van der Waals surface area (Å²) in [6.07, 6.45) is 8.02. The molecule has 33 heavy (non-hydrogen) atoms. The van der Waals surface area contributed by atoms with Gasteiger partial charge >= 0.3 is 12.0 Å². The number of esters is 1. The molecule has 4 saturated carbocycles. The number of fused-ring (bicyclic) bond motifs is 5. The molecule has 0 aromatic heterocycles. The van der Waals surface area contributed by atoms with Gasteiger partial charge in [0.25, 0.3) is 0 Å². The highest BCUT2D eigenvalue weighted by Crippen LogP contribution is 2.70. The molecule has 4 aliphatic carbocycles. The summed E-state index contributed by atoms with van der Waals surface area (Å²) in [4.78, 5) is 23.0. The van der Waals surface area contributed by atoms with Crippen LogP contribution in [0.1, 0.15) is 64.7 Å². The van der Waals surface area contributed by atoms with Crippen molar-refractivity contribution >= 4 is 18.2 Å². The quantitative estimate of drug-likeness (QED) is 0.243. The summed E-state index contributed by atoms with van der Waals surface area (Å²) in [6.45, 7) is 2.45. The van der Waals surface area contributed by atoms with Crippen molar-refractivity contribution in [2.75, 3.05) is 6.61 Å². The summed E-state index contributed by atoms with van der Waals surface area (Å²) in [5.41, 5.74) is 5.21. The van der Waals surface area contributed by atoms with Gasteiger partial charge in [0.2, 0.25) is 0 Å². The third kappa shape index (κ3) is 3.12. The van der Waals surface area contributed by atoms with E-state index in [1.807, 2.05) is 0 Å². The Morgan fingerprint density at radius 1 is 1.18 bits per heavy atom. The Hall–Kier alpha value is -1.97. The number of ether oxygens (including phenoxy) is 1. The summed E-state index contributed by atoms with van der Waals surface area (Å²) in [5.74, 6) is -0.326. The second-order valence-corrected chi connectivity index (χ2v) is 11.3. The lowest BCUT2D eigenvalue weighted by molar-refractivity contribution is -0.237. The van der Waals surface area contributed by atoms with Crippen LogP contribution < -0.4 is 11.2 Å². The van der Waals surface area contributed by atoms with Gasteiger partial charge < -0.3 is 25.8 Å². The zero-order valence-electron chi connectivity index (χ0n) is 19.1. The van der Waals surface area contributed by atoms with Crippen molar-refractivity contribution in [3.63, 3.8) is 0 Å². The fraction of sp³-hybridized carbons (Fsp3) is 0.792. The lowest BCUT2D eigenvalue weighted by Gasteiger charge is -2.65. The average Bonchev–Trinajstić information content (AvgIpc) is 3.28. The first-order chi connectivity index (χ1) is 15.5. The third-order valence-corrected chi connectivity index (χ3v) is 10.1. The Bertz CT molecular complexity index is 922. The molecule has 182 valence electrons. The molecule has 5 aliphatic rings. The average molecular weight is 462 g/mol. The first-order valence-electron chi connectivity index (χ1n) is 12.1. The van der Waals surface area contributed by atoms with E-state index in [1.54, 1.807) is 12.3 Å². The van der Waals surface area contributed by atoms with Crippen LogP contribution in [-0.4, -0.2) is 57.4 Å². The van der Waals surface area contributed by atoms with Crippen molar-refractivity contribution in [3.8, 4) is 0 Å². The van der Waals surface area contributed by atoms with Crippen LogP contribution in [0.15, 0.2) is 16.8 Å². The maximum Gasteiger partial charge on any atom is 0.332 e. The number of nitrogens with one attached hydrogen (secondary N) is 1. The van der Waals surface area contributed by atoms with Crippen molar-refractivity contribution in [2.24, 2.45) is 39.4 Å². The summed E-state index contributed by atoms with van der Waals surface area (Å²) < 4.78 is 5.18. The minimum Gasteiger partial charge on any atom is -0.458 e. The van der Waals surface area contributed by atoms with Crippen LogP contribution in [0.25, 0.3) is 0 Å². The van der Waals surface area contributed by atoms with E-state index in [0.717, 1.165) is 24.8 Å². The number of hydrogen-bond acceptors (Lipinski definition) is 7. The number of hydrazone groups is 1. The number of carbonyl (C=O) groups excluding carboxylic acids is 2. The predicted molar refractivity (Wildman–Crippen MR) is 119 cm³/mol. The predicted octanol–water partition coefficient (Wildman–Crippen LogP) is 1.35. The van der Waals surface area contributed by atoms with Crippen LogP contribution in [0.5, 0.6) is 0 Å². The van der Waals surface area contributed by atoms with Gasteiger partial charge in [-0.3, -0.25) is 0 Å². The third-order valence-electron chi connectivity index (χ3n) is 10.1. The molecular formula is C24H35N3O6. The molecular weight excluding hydrogens is 426 g/mol. The molecule has 0 aromatic rings. The summed E-state index contributed by atoms with van der Waals surface area (Å²) in [5, 5.41) is 38.6. The van der Waals surface area contributed by atoms with Gasteiger partial charge in [0.15, 0.2) is 0 Å². The number of nitrogens with zero attached hydrogens (tertiary/aromatic N) is 1. The van der Waals surface area contributed by atoms with E-state index >= 15 is 0 Å². The molecule has 4 fully saturated rings. The SMILES string of the molecule is C[C@]12CC[C@@H]3[C@H](CC[C@]4(O)C[C@@H](O)CC[C@]34/C=N\NC(N)=O)[C@@]1(O)CC[C@H]2C1=CC(=O)OC1. The van der Waals surface area contributed by atoms with Crippen molar-refractivity contribution < 1.29 is 29.6 Å². The molecule has 0 spiro atoms. The van der Waals surface area contributed by atoms with Crippen LogP contribution in [-0.2, 0) is 9.53 Å². The number of aliphatic hydroxyl groups excluding tert-OH is 1. The lowest BCUT2D eigenvalue weighted by Crippen LogP contribution is -2.68. The molecule has 0 saturated heterocycles. The van der Waals surface area contributed by atoms with Crippen LogP contribution in [0, 0.1) is 28.6 Å². The summed E-state index contributed by atoms with van der Waals surface area (Å²) >= 11 is 0. The highest BCUT2D eigenvalue weighted by atomic mass is 16.5. The molecule has 5 rings (SSSR count). The number of carbonyl (C=O) groups is 2. The second-order valence-electron chi connectivity index (χ2n) is 11.3. The molecule has 9 nitrogen and oxygen atoms in total. The van der Waals surface area contributed by atoms with Gasteiger partial charge in [-0.2, -0.15) is 5.10 Å². The van der Waals surface area contributed by atoms with Gasteiger partial charge in [-0.05, 0) is 74.7 Å². The second kappa shape index (κ2) is 7.52. The normalized spacial score (nSPS) is 49.1. The number of nitrogens with two attached hydrogens (primary N) is 1. The Morgan fingerprint density at radius 2 is 1.94 bits per heavy atom. The van der Waals surface area contributed by atoms with Crippen LogP contribution in [0.3, 0.4) is 0 Å². The highest BCUT2D eigenvalue weighted by Gasteiger charge is 2.71. The standard InChI is InChI=1S/C24H35N3O6/c1-21-6-3-17-18(24(21,32)9-5-16(21)14-10-19(29)33-12-14)4-8-23(31)11-15(28)2-7-22(17,23)13-26-27-20(25)30/h10,13,15-18,28,31-32H,2-9,11-12H2,1H3,(H3,25,27,30)/b26-13-/t15-,16-,17+,18-,21+,22-,23-,24-/m0/s1. The molecule has 6 N–H and O–H groups in total. The monoisotopic (exact) mass is 461 g/mol. The van der Waals surface area contributed by atoms with E-state index < -0.39 is 28.8 Å². The minimum atomic E-state index is -1.16. The van der Waals surface area contributed by atoms with Crippen molar-refractivity contribution in [3.05, 3.63) is 11.6 Å². The van der Waals surface area contributed by atoms with Gasteiger partial charge in [0.05, 0.1) is 17.3 Å². The van der Waals surface area contributed by atoms with E-state index in [1.165, 1.54) is 0 Å². The molecule has 1 aliphatic heterocycles. The van der Waals surface area contributed by atoms with Gasteiger partial charge in [-0.15, -0.1) is 0 Å². The van der Waals surface area contributed by atoms with Gasteiger partial charge in [-0.25, -0.2) is 15.0 Å². The molecule has 0 bridgehead atoms. The number of primary amides is 1. The van der Waals surface area contributed by atoms with Gasteiger partial charge in [0, 0.05) is 29.5 Å². The molecule has 0 aromatic carbocycles. The zero-order valence-corrected chi connectivity index (χ0v) is 19.1. The van der Waals surface area contributed by atoms with Crippen molar-refractivity contribution in [1.82, 2.24) is 5.43 Å². The molecule has 9 heteroatoms. The smallest absolute Gasteiger partial charge is 0.332 e. The molecule has 0 unspecified atom stereocenters. The van der Waals surface area contributed by atoms with Crippen LogP contribution in [0.4, 0.5) is 4.79 Å². The zero-order chi connectivity index (χ0) is 23.6. The Kier molecular flexibility index (Phi) is 5.19. The lowest BCUT2D eigenvalue weighted by atomic mass is 9.41. The Morgan fingerprint density at radius 3 is 2.64 bits per heavy atom. The van der Waals surface area contributed by atoms with Gasteiger partial charge in [0.1, 0.15) is 6.61 Å². The molecule has 8 atom stereocenters. The maximum atomic E-state index is 12.3. The Labute approximate surface area is 193 Å². The van der Waals surface area contributed by atoms with Crippen LogP contribution >= 0.6 is 0 Å². The van der Waals surface area contributed by atoms with E-state index in [-0.39, 0.29) is 35.6 Å². The first kappa shape index (κ1) is 22.8. The van der Waals surface area contributed by atoms with E-state index in [0.29, 0.717) is 38.7 Å². The van der Waals surface area contributed by atoms with E-state index in [9.17, 15) is 24.9 Å². The number of hydrogen-bond donors (Lipinski definition) is 5. The summed E-state index contributed by atoms with van der Waals surface area (Å²) in [7, 11) is 0. The number of cyclic esters (lactones) is 1. The number of rotatable bonds is 3. The van der Waals surface area contributed by atoms with E-state index in [4.69, 9.17) is 10.5 Å². The van der Waals surface area contributed by atoms with Gasteiger partial charge in [-0.1, -0.05) is 6.92 Å². The molecule has 0 radical (unpaired) electrons. The van der Waals surface area contributed by atoms with Crippen molar-refractivity contribution in [2.45, 2.75) is 82.0 Å². The highest BCUT2D eigenvalue weighted by molar-refractivity contribution is 5.85. The topological polar surface area (TPSA) is 154 Å². The fourth-order valence-corrected chi connectivity index (χ4v) is 8.57. The molecule has 2 amide bonds. The minimum absolute atomic E-state index is 0.0468. The number of urea groups is 1. The first-order valence-corrected chi connectivity index (χ1v) is 12.1. The van der Waals surface area contributed by atoms with Crippen molar-refractivity contribution in [1.29, 1.82) is 0 Å².